The molecule has 0 saturated carbocycles. The van der Waals surface area contributed by atoms with Gasteiger partial charge < -0.3 is 10.2 Å². The molecule has 0 unspecified atom stereocenters. The summed E-state index contributed by atoms with van der Waals surface area (Å²) in [5.41, 5.74) is 10.2. The number of hydrogen-bond donors (Lipinski definition) is 1. The Kier molecular flexibility index (Phi) is 3.01. The van der Waals surface area contributed by atoms with E-state index in [1.807, 2.05) is 25.1 Å². The van der Waals surface area contributed by atoms with Gasteiger partial charge in [0.1, 0.15) is 5.58 Å². The second kappa shape index (κ2) is 4.82. The van der Waals surface area contributed by atoms with Crippen molar-refractivity contribution in [3.05, 3.63) is 48.1 Å². The smallest absolute Gasteiger partial charge is 0.133 e. The number of benzene rings is 1. The molecular weight excluding hydrogens is 238 g/mol. The Morgan fingerprint density at radius 2 is 2.16 bits per heavy atom. The first-order valence-electron chi connectivity index (χ1n) is 6.28. The first-order valence-corrected chi connectivity index (χ1v) is 6.28. The lowest BCUT2D eigenvalue weighted by Gasteiger charge is -2.06. The van der Waals surface area contributed by atoms with Crippen LogP contribution in [0.25, 0.3) is 22.2 Å². The van der Waals surface area contributed by atoms with Gasteiger partial charge in [-0.05, 0) is 37.7 Å². The predicted octanol–water partition coefficient (Wildman–Crippen LogP) is 2.70. The fraction of sp³-hybridized carbons (Fsp3) is 0.200. The molecule has 2 aromatic heterocycles. The standard InChI is InChI=1S/C15H15N3O/c1-10-15(17-9-13(18-10)4-6-16)12-2-3-14-11(8-12)5-7-19-14/h2-3,5,7-9H,4,6,16H2,1H3. The first kappa shape index (κ1) is 11.9. The normalized spacial score (nSPS) is 11.1. The third-order valence-electron chi connectivity index (χ3n) is 3.12. The molecule has 0 radical (unpaired) electrons. The molecule has 0 saturated heterocycles. The number of nitrogens with zero attached hydrogens (tertiary/aromatic N) is 2. The van der Waals surface area contributed by atoms with Crippen LogP contribution >= 0.6 is 0 Å². The third-order valence-corrected chi connectivity index (χ3v) is 3.12. The van der Waals surface area contributed by atoms with Crippen LogP contribution in [0.1, 0.15) is 11.4 Å². The first-order chi connectivity index (χ1) is 9.28. The second-order valence-electron chi connectivity index (χ2n) is 4.51. The van der Waals surface area contributed by atoms with Crippen molar-refractivity contribution < 1.29 is 4.42 Å². The van der Waals surface area contributed by atoms with Crippen molar-refractivity contribution in [2.45, 2.75) is 13.3 Å². The lowest BCUT2D eigenvalue weighted by molar-refractivity contribution is 0.616. The highest BCUT2D eigenvalue weighted by molar-refractivity contribution is 5.83. The van der Waals surface area contributed by atoms with Gasteiger partial charge in [0.25, 0.3) is 0 Å². The fourth-order valence-corrected chi connectivity index (χ4v) is 2.20. The predicted molar refractivity (Wildman–Crippen MR) is 74.7 cm³/mol. The van der Waals surface area contributed by atoms with E-state index in [1.54, 1.807) is 12.5 Å². The monoisotopic (exact) mass is 253 g/mol. The Balaban J connectivity index is 2.05. The van der Waals surface area contributed by atoms with Crippen molar-refractivity contribution >= 4 is 11.0 Å². The van der Waals surface area contributed by atoms with Crippen LogP contribution in [0.15, 0.2) is 41.1 Å². The Morgan fingerprint density at radius 3 is 2.95 bits per heavy atom. The minimum Gasteiger partial charge on any atom is -0.464 e. The summed E-state index contributed by atoms with van der Waals surface area (Å²) in [5, 5.41) is 1.07. The quantitative estimate of drug-likeness (QED) is 0.779. The number of rotatable bonds is 3. The van der Waals surface area contributed by atoms with Gasteiger partial charge in [0.2, 0.25) is 0 Å². The molecule has 19 heavy (non-hydrogen) atoms. The number of hydrogen-bond acceptors (Lipinski definition) is 4. The highest BCUT2D eigenvalue weighted by Gasteiger charge is 2.07. The number of aryl methyl sites for hydroxylation is 1. The molecule has 0 spiro atoms. The van der Waals surface area contributed by atoms with Crippen LogP contribution in [0.5, 0.6) is 0 Å². The lowest BCUT2D eigenvalue weighted by atomic mass is 10.1. The molecule has 3 rings (SSSR count). The molecule has 1 aromatic carbocycles. The van der Waals surface area contributed by atoms with Crippen molar-refractivity contribution in [1.29, 1.82) is 0 Å². The molecular formula is C15H15N3O. The summed E-state index contributed by atoms with van der Waals surface area (Å²) in [6.45, 7) is 2.57. The van der Waals surface area contributed by atoms with Gasteiger partial charge in [0.05, 0.1) is 23.3 Å². The zero-order chi connectivity index (χ0) is 13.2. The molecule has 4 heteroatoms. The fourth-order valence-electron chi connectivity index (χ4n) is 2.20. The molecule has 0 atom stereocenters. The van der Waals surface area contributed by atoms with Gasteiger partial charge in [-0.1, -0.05) is 0 Å². The van der Waals surface area contributed by atoms with Gasteiger partial charge in [-0.15, -0.1) is 0 Å². The zero-order valence-electron chi connectivity index (χ0n) is 10.8. The van der Waals surface area contributed by atoms with Gasteiger partial charge >= 0.3 is 0 Å². The van der Waals surface area contributed by atoms with Crippen LogP contribution in [0.4, 0.5) is 0 Å². The molecule has 4 nitrogen and oxygen atoms in total. The maximum atomic E-state index is 5.53. The van der Waals surface area contributed by atoms with Crippen LogP contribution in [0.3, 0.4) is 0 Å². The third kappa shape index (κ3) is 2.22. The van der Waals surface area contributed by atoms with Crippen LogP contribution in [-0.4, -0.2) is 16.5 Å². The van der Waals surface area contributed by atoms with Crippen molar-refractivity contribution in [2.24, 2.45) is 5.73 Å². The maximum Gasteiger partial charge on any atom is 0.133 e. The van der Waals surface area contributed by atoms with Crippen molar-refractivity contribution in [2.75, 3.05) is 6.54 Å². The van der Waals surface area contributed by atoms with Crippen LogP contribution in [0.2, 0.25) is 0 Å². The topological polar surface area (TPSA) is 64.9 Å². The Bertz CT molecular complexity index is 718. The van der Waals surface area contributed by atoms with E-state index >= 15 is 0 Å². The van der Waals surface area contributed by atoms with E-state index in [4.69, 9.17) is 10.2 Å². The summed E-state index contributed by atoms with van der Waals surface area (Å²) >= 11 is 0. The SMILES string of the molecule is Cc1nc(CCN)cnc1-c1ccc2occc2c1. The van der Waals surface area contributed by atoms with Crippen molar-refractivity contribution in [3.63, 3.8) is 0 Å². The molecule has 2 heterocycles. The summed E-state index contributed by atoms with van der Waals surface area (Å²) in [7, 11) is 0. The number of aromatic nitrogens is 2. The number of furan rings is 1. The minimum absolute atomic E-state index is 0.592. The largest absolute Gasteiger partial charge is 0.464 e. The second-order valence-corrected chi connectivity index (χ2v) is 4.51. The summed E-state index contributed by atoms with van der Waals surface area (Å²) in [5.74, 6) is 0. The molecule has 0 aliphatic rings. The summed E-state index contributed by atoms with van der Waals surface area (Å²) in [4.78, 5) is 9.05. The summed E-state index contributed by atoms with van der Waals surface area (Å²) < 4.78 is 5.34. The van der Waals surface area contributed by atoms with E-state index in [0.717, 1.165) is 40.0 Å². The summed E-state index contributed by atoms with van der Waals surface area (Å²) in [6.07, 6.45) is 4.25. The van der Waals surface area contributed by atoms with Crippen molar-refractivity contribution in [3.8, 4) is 11.3 Å². The Labute approximate surface area is 111 Å². The summed E-state index contributed by atoms with van der Waals surface area (Å²) in [6, 6.07) is 7.98. The Morgan fingerprint density at radius 1 is 1.26 bits per heavy atom. The average Bonchev–Trinajstić information content (AvgIpc) is 2.86. The Hall–Kier alpha value is -2.20. The molecule has 96 valence electrons. The molecule has 0 aliphatic carbocycles. The van der Waals surface area contributed by atoms with Gasteiger partial charge in [-0.3, -0.25) is 9.97 Å². The van der Waals surface area contributed by atoms with Crippen LogP contribution < -0.4 is 5.73 Å². The van der Waals surface area contributed by atoms with Crippen molar-refractivity contribution in [1.82, 2.24) is 9.97 Å². The number of nitrogens with two attached hydrogens (primary N) is 1. The van der Waals surface area contributed by atoms with E-state index in [9.17, 15) is 0 Å². The lowest BCUT2D eigenvalue weighted by Crippen LogP contribution is -2.06. The van der Waals surface area contributed by atoms with E-state index in [2.05, 4.69) is 16.0 Å². The van der Waals surface area contributed by atoms with E-state index in [0.29, 0.717) is 6.54 Å². The molecule has 3 aromatic rings. The van der Waals surface area contributed by atoms with Gasteiger partial charge in [0.15, 0.2) is 0 Å². The molecule has 0 amide bonds. The van der Waals surface area contributed by atoms with Crippen LogP contribution in [0, 0.1) is 6.92 Å². The minimum atomic E-state index is 0.592. The van der Waals surface area contributed by atoms with Crippen LogP contribution in [-0.2, 0) is 6.42 Å². The molecule has 0 aliphatic heterocycles. The van der Waals surface area contributed by atoms with E-state index in [1.165, 1.54) is 0 Å². The zero-order valence-corrected chi connectivity index (χ0v) is 10.8. The molecule has 2 N–H and O–H groups in total. The average molecular weight is 253 g/mol. The highest BCUT2D eigenvalue weighted by atomic mass is 16.3. The molecule has 0 fully saturated rings. The van der Waals surface area contributed by atoms with Gasteiger partial charge in [0, 0.05) is 23.6 Å². The van der Waals surface area contributed by atoms with Gasteiger partial charge in [-0.25, -0.2) is 0 Å². The highest BCUT2D eigenvalue weighted by Crippen LogP contribution is 2.25. The molecule has 0 bridgehead atoms. The van der Waals surface area contributed by atoms with Gasteiger partial charge in [-0.2, -0.15) is 0 Å². The maximum absolute atomic E-state index is 5.53. The van der Waals surface area contributed by atoms with E-state index in [-0.39, 0.29) is 0 Å². The van der Waals surface area contributed by atoms with E-state index < -0.39 is 0 Å². The number of fused-ring (bicyclic) bond motifs is 1.